The smallest absolute Gasteiger partial charge is 0.303 e. The van der Waals surface area contributed by atoms with Crippen LogP contribution in [-0.4, -0.2) is 33.5 Å². The van der Waals surface area contributed by atoms with Crippen molar-refractivity contribution in [3.05, 3.63) is 0 Å². The van der Waals surface area contributed by atoms with Gasteiger partial charge in [0.15, 0.2) is 0 Å². The van der Waals surface area contributed by atoms with Gasteiger partial charge in [0.05, 0.1) is 12.2 Å². The minimum absolute atomic E-state index is 0.183. The molecule has 10 atom stereocenters. The lowest BCUT2D eigenvalue weighted by Crippen LogP contribution is -2.61. The number of hydrogen-bond acceptors (Lipinski definition) is 3. The van der Waals surface area contributed by atoms with E-state index in [4.69, 9.17) is 5.11 Å². The first-order chi connectivity index (χ1) is 13.2. The van der Waals surface area contributed by atoms with Crippen molar-refractivity contribution in [2.24, 2.45) is 46.3 Å². The highest BCUT2D eigenvalue weighted by Gasteiger charge is 2.65. The summed E-state index contributed by atoms with van der Waals surface area (Å²) in [5.41, 5.74) is 0.0927. The van der Waals surface area contributed by atoms with Crippen LogP contribution in [0.15, 0.2) is 0 Å². The number of carboxylic acids is 1. The van der Waals surface area contributed by atoms with Crippen LogP contribution in [-0.2, 0) is 4.79 Å². The predicted molar refractivity (Wildman–Crippen MR) is 109 cm³/mol. The Morgan fingerprint density at radius 1 is 1.07 bits per heavy atom. The van der Waals surface area contributed by atoms with Gasteiger partial charge in [0.1, 0.15) is 0 Å². The molecule has 0 aromatic heterocycles. The minimum atomic E-state index is -0.727. The molecule has 0 saturated heterocycles. The third kappa shape index (κ3) is 2.96. The standard InChI is InChI=1S/C24H40O4/c1-14(7-10-21(27)28)16-8-9-17-22-18(13-20(26)24(16,17)3)23(2)11-5-4-6-15(23)12-19(22)25/h14-20,22,25-26H,4-13H2,1-3H3,(H,27,28)/t14-,15-,16-,17+,18+,19-,20+,22+,23+,24-/m1/s1. The van der Waals surface area contributed by atoms with Crippen LogP contribution < -0.4 is 0 Å². The Hall–Kier alpha value is -0.610. The molecular weight excluding hydrogens is 352 g/mol. The number of fused-ring (bicyclic) bond motifs is 5. The van der Waals surface area contributed by atoms with Crippen molar-refractivity contribution in [1.29, 1.82) is 0 Å². The zero-order chi connectivity index (χ0) is 20.3. The second-order valence-electron chi connectivity index (χ2n) is 11.3. The van der Waals surface area contributed by atoms with E-state index >= 15 is 0 Å². The van der Waals surface area contributed by atoms with Crippen molar-refractivity contribution in [2.75, 3.05) is 0 Å². The molecule has 0 unspecified atom stereocenters. The molecule has 4 heteroatoms. The highest BCUT2D eigenvalue weighted by molar-refractivity contribution is 5.66. The summed E-state index contributed by atoms with van der Waals surface area (Å²) in [4.78, 5) is 11.1. The van der Waals surface area contributed by atoms with E-state index in [1.54, 1.807) is 0 Å². The van der Waals surface area contributed by atoms with E-state index in [1.165, 1.54) is 25.7 Å². The van der Waals surface area contributed by atoms with Crippen molar-refractivity contribution in [3.63, 3.8) is 0 Å². The fourth-order valence-corrected chi connectivity index (χ4v) is 8.74. The van der Waals surface area contributed by atoms with E-state index < -0.39 is 5.97 Å². The number of aliphatic carboxylic acids is 1. The maximum Gasteiger partial charge on any atom is 0.303 e. The van der Waals surface area contributed by atoms with Gasteiger partial charge in [-0.3, -0.25) is 4.79 Å². The number of rotatable bonds is 4. The molecule has 0 heterocycles. The van der Waals surface area contributed by atoms with Gasteiger partial charge in [-0.1, -0.05) is 33.6 Å². The summed E-state index contributed by atoms with van der Waals surface area (Å²) in [5, 5.41) is 31.8. The largest absolute Gasteiger partial charge is 0.481 e. The number of aliphatic hydroxyl groups excluding tert-OH is 2. The fourth-order valence-electron chi connectivity index (χ4n) is 8.74. The second-order valence-corrected chi connectivity index (χ2v) is 11.3. The zero-order valence-electron chi connectivity index (χ0n) is 17.9. The maximum atomic E-state index is 11.5. The first-order valence-electron chi connectivity index (χ1n) is 11.8. The van der Waals surface area contributed by atoms with Gasteiger partial charge >= 0.3 is 5.97 Å². The van der Waals surface area contributed by atoms with Crippen LogP contribution in [0.5, 0.6) is 0 Å². The molecule has 160 valence electrons. The Labute approximate surface area is 170 Å². The van der Waals surface area contributed by atoms with E-state index in [-0.39, 0.29) is 29.5 Å². The van der Waals surface area contributed by atoms with Crippen molar-refractivity contribution in [3.8, 4) is 0 Å². The summed E-state index contributed by atoms with van der Waals surface area (Å²) < 4.78 is 0. The molecule has 4 nitrogen and oxygen atoms in total. The summed E-state index contributed by atoms with van der Waals surface area (Å²) in [5.74, 6) is 1.66. The van der Waals surface area contributed by atoms with E-state index in [2.05, 4.69) is 20.8 Å². The second kappa shape index (κ2) is 7.27. The van der Waals surface area contributed by atoms with Gasteiger partial charge in [-0.05, 0) is 91.3 Å². The molecule has 4 aliphatic carbocycles. The lowest BCUT2D eigenvalue weighted by molar-refractivity contribution is -0.201. The van der Waals surface area contributed by atoms with Gasteiger partial charge in [-0.15, -0.1) is 0 Å². The molecule has 3 N–H and O–H groups in total. The van der Waals surface area contributed by atoms with Gasteiger partial charge in [0.25, 0.3) is 0 Å². The molecule has 0 amide bonds. The summed E-state index contributed by atoms with van der Waals surface area (Å²) in [6, 6.07) is 0. The summed E-state index contributed by atoms with van der Waals surface area (Å²) in [7, 11) is 0. The lowest BCUT2D eigenvalue weighted by Gasteiger charge is -2.63. The topological polar surface area (TPSA) is 77.8 Å². The van der Waals surface area contributed by atoms with E-state index in [9.17, 15) is 15.0 Å². The fraction of sp³-hybridized carbons (Fsp3) is 0.958. The predicted octanol–water partition coefficient (Wildman–Crippen LogP) is 4.48. The summed E-state index contributed by atoms with van der Waals surface area (Å²) >= 11 is 0. The average Bonchev–Trinajstić information content (AvgIpc) is 3.00. The summed E-state index contributed by atoms with van der Waals surface area (Å²) in [6.45, 7) is 6.89. The van der Waals surface area contributed by atoms with Gasteiger partial charge < -0.3 is 15.3 Å². The van der Waals surface area contributed by atoms with Crippen LogP contribution in [0.25, 0.3) is 0 Å². The Bertz CT molecular complexity index is 605. The van der Waals surface area contributed by atoms with Crippen LogP contribution in [0.3, 0.4) is 0 Å². The molecule has 4 fully saturated rings. The molecule has 0 aliphatic heterocycles. The minimum Gasteiger partial charge on any atom is -0.481 e. The lowest BCUT2D eigenvalue weighted by atomic mass is 9.43. The molecule has 0 aromatic rings. The van der Waals surface area contributed by atoms with Crippen LogP contribution in [0.1, 0.15) is 85.0 Å². The van der Waals surface area contributed by atoms with Crippen LogP contribution in [0, 0.1) is 46.3 Å². The van der Waals surface area contributed by atoms with Gasteiger partial charge in [0, 0.05) is 6.42 Å². The molecular formula is C24H40O4. The number of hydrogen-bond donors (Lipinski definition) is 3. The number of carboxylic acid groups (broad SMARTS) is 1. The average molecular weight is 393 g/mol. The van der Waals surface area contributed by atoms with Crippen molar-refractivity contribution >= 4 is 5.97 Å². The normalized spacial score (nSPS) is 51.7. The third-order valence-electron chi connectivity index (χ3n) is 10.3. The monoisotopic (exact) mass is 392 g/mol. The van der Waals surface area contributed by atoms with Gasteiger partial charge in [-0.2, -0.15) is 0 Å². The van der Waals surface area contributed by atoms with Gasteiger partial charge in [0.2, 0.25) is 0 Å². The van der Waals surface area contributed by atoms with Crippen LogP contribution in [0.2, 0.25) is 0 Å². The van der Waals surface area contributed by atoms with Crippen LogP contribution in [0.4, 0.5) is 0 Å². The maximum absolute atomic E-state index is 11.5. The number of aliphatic hydroxyl groups is 2. The molecule has 0 bridgehead atoms. The first kappa shape index (κ1) is 20.7. The van der Waals surface area contributed by atoms with E-state index in [0.717, 1.165) is 25.7 Å². The molecule has 0 radical (unpaired) electrons. The Morgan fingerprint density at radius 3 is 2.54 bits per heavy atom. The summed E-state index contributed by atoms with van der Waals surface area (Å²) in [6.07, 6.45) is 9.32. The number of carbonyl (C=O) groups is 1. The molecule has 28 heavy (non-hydrogen) atoms. The van der Waals surface area contributed by atoms with Crippen molar-refractivity contribution in [2.45, 2.75) is 97.2 Å². The molecule has 4 aliphatic rings. The SMILES string of the molecule is C[C@H](CCC(=O)O)[C@H]1CC[C@H]2[C@@H]3[C@H](O)C[C@H]4CCCC[C@]4(C)[C@H]3C[C@H](O)[C@]12C. The molecule has 4 saturated carbocycles. The highest BCUT2D eigenvalue weighted by Crippen LogP contribution is 2.68. The molecule has 4 rings (SSSR count). The molecule has 0 spiro atoms. The first-order valence-corrected chi connectivity index (χ1v) is 11.8. The van der Waals surface area contributed by atoms with Gasteiger partial charge in [-0.25, -0.2) is 0 Å². The van der Waals surface area contributed by atoms with E-state index in [1.807, 2.05) is 0 Å². The Morgan fingerprint density at radius 2 is 1.82 bits per heavy atom. The van der Waals surface area contributed by atoms with Crippen molar-refractivity contribution < 1.29 is 20.1 Å². The molecule has 0 aromatic carbocycles. The van der Waals surface area contributed by atoms with E-state index in [0.29, 0.717) is 41.9 Å². The van der Waals surface area contributed by atoms with Crippen molar-refractivity contribution in [1.82, 2.24) is 0 Å². The Kier molecular flexibility index (Phi) is 5.36. The third-order valence-corrected chi connectivity index (χ3v) is 10.3. The zero-order valence-corrected chi connectivity index (χ0v) is 17.9. The quantitative estimate of drug-likeness (QED) is 0.659. The highest BCUT2D eigenvalue weighted by atomic mass is 16.4. The Balaban J connectivity index is 1.61. The van der Waals surface area contributed by atoms with Crippen LogP contribution >= 0.6 is 0 Å².